The van der Waals surface area contributed by atoms with E-state index in [2.05, 4.69) is 41.3 Å². The smallest absolute Gasteiger partial charge is 0.257 e. The van der Waals surface area contributed by atoms with E-state index in [1.54, 1.807) is 29.8 Å². The number of nitrogen functional groups attached to an aromatic ring is 1. The lowest BCUT2D eigenvalue weighted by Crippen LogP contribution is -2.11. The first-order valence-electron chi connectivity index (χ1n) is 5.69. The highest BCUT2D eigenvalue weighted by atomic mass is 79.9. The van der Waals surface area contributed by atoms with E-state index in [1.807, 2.05) is 11.4 Å². The third-order valence-corrected chi connectivity index (χ3v) is 4.09. The molecular weight excluding hydrogens is 342 g/mol. The Bertz CT molecular complexity index is 709. The predicted octanol–water partition coefficient (Wildman–Crippen LogP) is 2.08. The van der Waals surface area contributed by atoms with Crippen LogP contribution in [0.4, 0.5) is 11.9 Å². The van der Waals surface area contributed by atoms with Gasteiger partial charge in [-0.2, -0.15) is 20.1 Å². The zero-order valence-corrected chi connectivity index (χ0v) is 12.6. The number of aromatic nitrogens is 5. The molecule has 3 rings (SSSR count). The molecule has 0 fully saturated rings. The Hall–Kier alpha value is -2.00. The quantitative estimate of drug-likeness (QED) is 0.747. The van der Waals surface area contributed by atoms with Gasteiger partial charge in [0.2, 0.25) is 11.9 Å². The van der Waals surface area contributed by atoms with Gasteiger partial charge in [-0.3, -0.25) is 0 Å². The molecule has 0 aliphatic carbocycles. The van der Waals surface area contributed by atoms with Crippen LogP contribution in [0.5, 0.6) is 0 Å². The molecule has 0 atom stereocenters. The zero-order chi connectivity index (χ0) is 13.9. The molecule has 0 saturated carbocycles. The molecule has 0 spiro atoms. The third-order valence-electron chi connectivity index (χ3n) is 2.39. The Morgan fingerprint density at radius 2 is 2.25 bits per heavy atom. The number of nitrogens with zero attached hydrogens (tertiary/aromatic N) is 5. The van der Waals surface area contributed by atoms with Crippen molar-refractivity contribution in [3.8, 4) is 5.95 Å². The molecule has 0 saturated heterocycles. The first-order valence-corrected chi connectivity index (χ1v) is 7.36. The van der Waals surface area contributed by atoms with Gasteiger partial charge in [0.15, 0.2) is 0 Å². The minimum absolute atomic E-state index is 0.153. The second-order valence-electron chi connectivity index (χ2n) is 3.85. The van der Waals surface area contributed by atoms with Gasteiger partial charge in [-0.25, -0.2) is 4.68 Å². The molecule has 0 bridgehead atoms. The van der Waals surface area contributed by atoms with E-state index in [1.165, 1.54) is 4.68 Å². The number of hydrogen-bond donors (Lipinski definition) is 2. The van der Waals surface area contributed by atoms with E-state index in [-0.39, 0.29) is 5.95 Å². The molecular formula is C11H10BrN7S. The van der Waals surface area contributed by atoms with Crippen molar-refractivity contribution in [1.29, 1.82) is 0 Å². The maximum absolute atomic E-state index is 5.69. The van der Waals surface area contributed by atoms with Crippen LogP contribution in [0.2, 0.25) is 0 Å². The molecule has 102 valence electrons. The summed E-state index contributed by atoms with van der Waals surface area (Å²) in [4.78, 5) is 13.5. The highest BCUT2D eigenvalue weighted by molar-refractivity contribution is 9.10. The van der Waals surface area contributed by atoms with Gasteiger partial charge in [0.1, 0.15) is 0 Å². The van der Waals surface area contributed by atoms with E-state index in [0.29, 0.717) is 18.4 Å². The average Bonchev–Trinajstić information content (AvgIpc) is 3.07. The van der Waals surface area contributed by atoms with Crippen molar-refractivity contribution in [2.24, 2.45) is 0 Å². The monoisotopic (exact) mass is 351 g/mol. The normalized spacial score (nSPS) is 10.7. The largest absolute Gasteiger partial charge is 0.368 e. The van der Waals surface area contributed by atoms with Crippen LogP contribution in [0.1, 0.15) is 4.88 Å². The molecule has 0 radical (unpaired) electrons. The SMILES string of the molecule is Nc1nc(NCc2cc(Br)cs2)nc(-n2cccn2)n1. The fourth-order valence-corrected chi connectivity index (χ4v) is 2.95. The van der Waals surface area contributed by atoms with Crippen molar-refractivity contribution in [3.05, 3.63) is 39.3 Å². The van der Waals surface area contributed by atoms with Crippen molar-refractivity contribution < 1.29 is 0 Å². The van der Waals surface area contributed by atoms with Crippen LogP contribution in [0.15, 0.2) is 34.4 Å². The van der Waals surface area contributed by atoms with Gasteiger partial charge in [-0.15, -0.1) is 11.3 Å². The molecule has 9 heteroatoms. The summed E-state index contributed by atoms with van der Waals surface area (Å²) in [6, 6.07) is 3.83. The van der Waals surface area contributed by atoms with Crippen molar-refractivity contribution in [2.75, 3.05) is 11.1 Å². The zero-order valence-electron chi connectivity index (χ0n) is 10.2. The molecule has 3 aromatic heterocycles. The second-order valence-corrected chi connectivity index (χ2v) is 5.76. The van der Waals surface area contributed by atoms with Gasteiger partial charge in [-0.1, -0.05) is 0 Å². The van der Waals surface area contributed by atoms with Gasteiger partial charge in [0, 0.05) is 27.1 Å². The van der Waals surface area contributed by atoms with Gasteiger partial charge in [0.05, 0.1) is 6.54 Å². The fourth-order valence-electron chi connectivity index (χ4n) is 1.56. The van der Waals surface area contributed by atoms with Crippen LogP contribution in [0.25, 0.3) is 5.95 Å². The van der Waals surface area contributed by atoms with Gasteiger partial charge in [0.25, 0.3) is 5.95 Å². The van der Waals surface area contributed by atoms with Gasteiger partial charge >= 0.3 is 0 Å². The van der Waals surface area contributed by atoms with Crippen LogP contribution in [-0.2, 0) is 6.54 Å². The van der Waals surface area contributed by atoms with Crippen LogP contribution >= 0.6 is 27.3 Å². The van der Waals surface area contributed by atoms with Crippen LogP contribution in [0, 0.1) is 0 Å². The topological polar surface area (TPSA) is 94.5 Å². The summed E-state index contributed by atoms with van der Waals surface area (Å²) in [5, 5.41) is 9.21. The lowest BCUT2D eigenvalue weighted by molar-refractivity contribution is 0.799. The summed E-state index contributed by atoms with van der Waals surface area (Å²) in [6.07, 6.45) is 3.39. The maximum Gasteiger partial charge on any atom is 0.257 e. The maximum atomic E-state index is 5.69. The molecule has 20 heavy (non-hydrogen) atoms. The molecule has 0 aromatic carbocycles. The second kappa shape index (κ2) is 5.55. The Morgan fingerprint density at radius 1 is 1.35 bits per heavy atom. The standard InChI is InChI=1S/C11H10BrN7S/c12-7-4-8(20-6-7)5-14-10-16-9(13)17-11(18-10)19-3-1-2-15-19/h1-4,6H,5H2,(H3,13,14,16,17,18). The van der Waals surface area contributed by atoms with E-state index >= 15 is 0 Å². The fraction of sp³-hybridized carbons (Fsp3) is 0.0909. The molecule has 7 nitrogen and oxygen atoms in total. The third kappa shape index (κ3) is 2.94. The molecule has 3 aromatic rings. The van der Waals surface area contributed by atoms with Crippen molar-refractivity contribution in [2.45, 2.75) is 6.54 Å². The van der Waals surface area contributed by atoms with E-state index in [4.69, 9.17) is 5.73 Å². The summed E-state index contributed by atoms with van der Waals surface area (Å²) in [7, 11) is 0. The molecule has 0 aliphatic heterocycles. The van der Waals surface area contributed by atoms with Crippen LogP contribution < -0.4 is 11.1 Å². The van der Waals surface area contributed by atoms with Crippen LogP contribution in [-0.4, -0.2) is 24.7 Å². The number of rotatable bonds is 4. The minimum Gasteiger partial charge on any atom is -0.368 e. The summed E-state index contributed by atoms with van der Waals surface area (Å²) in [5.74, 6) is 0.963. The van der Waals surface area contributed by atoms with Crippen molar-refractivity contribution >= 4 is 39.2 Å². The molecule has 0 unspecified atom stereocenters. The number of thiophene rings is 1. The highest BCUT2D eigenvalue weighted by Gasteiger charge is 2.07. The first-order chi connectivity index (χ1) is 9.70. The molecule has 0 amide bonds. The number of nitrogens with one attached hydrogen (secondary N) is 1. The lowest BCUT2D eigenvalue weighted by atomic mass is 10.5. The van der Waals surface area contributed by atoms with Crippen LogP contribution in [0.3, 0.4) is 0 Å². The van der Waals surface area contributed by atoms with E-state index < -0.39 is 0 Å². The first kappa shape index (κ1) is 13.0. The Balaban J connectivity index is 1.79. The summed E-state index contributed by atoms with van der Waals surface area (Å²) >= 11 is 5.06. The van der Waals surface area contributed by atoms with E-state index in [9.17, 15) is 0 Å². The average molecular weight is 352 g/mol. The molecule has 3 N–H and O–H groups in total. The Labute approximate surface area is 127 Å². The lowest BCUT2D eigenvalue weighted by Gasteiger charge is -2.06. The van der Waals surface area contributed by atoms with Crippen molar-refractivity contribution in [3.63, 3.8) is 0 Å². The summed E-state index contributed by atoms with van der Waals surface area (Å²) < 4.78 is 2.59. The number of anilines is 2. The van der Waals surface area contributed by atoms with Gasteiger partial charge < -0.3 is 11.1 Å². The van der Waals surface area contributed by atoms with Crippen molar-refractivity contribution in [1.82, 2.24) is 24.7 Å². The predicted molar refractivity (Wildman–Crippen MR) is 80.7 cm³/mol. The minimum atomic E-state index is 0.153. The molecule has 3 heterocycles. The van der Waals surface area contributed by atoms with E-state index in [0.717, 1.165) is 9.35 Å². The Morgan fingerprint density at radius 3 is 2.95 bits per heavy atom. The number of halogens is 1. The number of hydrogen-bond acceptors (Lipinski definition) is 7. The summed E-state index contributed by atoms with van der Waals surface area (Å²) in [6.45, 7) is 0.623. The molecule has 0 aliphatic rings. The van der Waals surface area contributed by atoms with Gasteiger partial charge in [-0.05, 0) is 28.1 Å². The highest BCUT2D eigenvalue weighted by Crippen LogP contribution is 2.20. The Kier molecular flexibility index (Phi) is 3.61. The number of nitrogens with two attached hydrogens (primary N) is 1. The summed E-state index contributed by atoms with van der Waals surface area (Å²) in [5.41, 5.74) is 5.69.